The van der Waals surface area contributed by atoms with Crippen LogP contribution >= 0.6 is 0 Å². The number of rotatable bonds is 2. The van der Waals surface area contributed by atoms with Crippen LogP contribution in [-0.4, -0.2) is 23.4 Å². The summed E-state index contributed by atoms with van der Waals surface area (Å²) in [7, 11) is 0. The molecular weight excluding hydrogens is 185 g/mol. The summed E-state index contributed by atoms with van der Waals surface area (Å²) in [6.45, 7) is 9.71. The standard InChI is InChI=1S/C10H20FNO2/c1-7(10(5,6)11)12-8(13)14-9(2,3)4/h7H,1-6H3,(H,12,13). The minimum absolute atomic E-state index is 0.551. The molecule has 4 heteroatoms. The number of carbonyl (C=O) groups is 1. The van der Waals surface area contributed by atoms with Gasteiger partial charge in [0, 0.05) is 0 Å². The lowest BCUT2D eigenvalue weighted by Crippen LogP contribution is -2.46. The van der Waals surface area contributed by atoms with E-state index in [2.05, 4.69) is 5.32 Å². The Kier molecular flexibility index (Phi) is 3.91. The fourth-order valence-corrected chi connectivity index (χ4v) is 0.656. The highest BCUT2D eigenvalue weighted by Crippen LogP contribution is 2.14. The van der Waals surface area contributed by atoms with Crippen LogP contribution in [0.2, 0.25) is 0 Å². The SMILES string of the molecule is CC(NC(=O)OC(C)(C)C)C(C)(C)F. The van der Waals surface area contributed by atoms with Crippen LogP contribution in [0.4, 0.5) is 9.18 Å². The lowest BCUT2D eigenvalue weighted by Gasteiger charge is -2.26. The molecule has 0 bridgehead atoms. The van der Waals surface area contributed by atoms with Gasteiger partial charge in [-0.1, -0.05) is 0 Å². The third kappa shape index (κ3) is 5.78. The number of nitrogens with one attached hydrogen (secondary N) is 1. The highest BCUT2D eigenvalue weighted by atomic mass is 19.1. The Hall–Kier alpha value is -0.800. The van der Waals surface area contributed by atoms with Crippen molar-refractivity contribution in [3.8, 4) is 0 Å². The van der Waals surface area contributed by atoms with Crippen LogP contribution in [0, 0.1) is 0 Å². The van der Waals surface area contributed by atoms with Gasteiger partial charge in [0.05, 0.1) is 6.04 Å². The molecule has 0 aliphatic carbocycles. The van der Waals surface area contributed by atoms with Gasteiger partial charge in [-0.2, -0.15) is 0 Å². The maximum absolute atomic E-state index is 13.3. The van der Waals surface area contributed by atoms with Gasteiger partial charge in [-0.05, 0) is 41.5 Å². The second-order valence-electron chi connectivity index (χ2n) is 4.93. The quantitative estimate of drug-likeness (QED) is 0.752. The summed E-state index contributed by atoms with van der Waals surface area (Å²) in [5.74, 6) is 0. The molecule has 0 spiro atoms. The van der Waals surface area contributed by atoms with Crippen molar-refractivity contribution in [2.75, 3.05) is 0 Å². The maximum Gasteiger partial charge on any atom is 0.407 e. The largest absolute Gasteiger partial charge is 0.444 e. The molecule has 3 nitrogen and oxygen atoms in total. The highest BCUT2D eigenvalue weighted by molar-refractivity contribution is 5.68. The first kappa shape index (κ1) is 13.2. The molecule has 0 fully saturated rings. The number of hydrogen-bond acceptors (Lipinski definition) is 2. The van der Waals surface area contributed by atoms with E-state index < -0.39 is 23.4 Å². The lowest BCUT2D eigenvalue weighted by molar-refractivity contribution is 0.0437. The van der Waals surface area contributed by atoms with Crippen molar-refractivity contribution >= 4 is 6.09 Å². The number of ether oxygens (including phenoxy) is 1. The lowest BCUT2D eigenvalue weighted by atomic mass is 10.0. The zero-order valence-corrected chi connectivity index (χ0v) is 9.77. The van der Waals surface area contributed by atoms with Crippen molar-refractivity contribution < 1.29 is 13.9 Å². The van der Waals surface area contributed by atoms with Gasteiger partial charge < -0.3 is 10.1 Å². The Labute approximate surface area is 85.0 Å². The molecule has 0 heterocycles. The van der Waals surface area contributed by atoms with Crippen LogP contribution in [0.5, 0.6) is 0 Å². The Bertz CT molecular complexity index is 203. The van der Waals surface area contributed by atoms with Gasteiger partial charge in [0.15, 0.2) is 0 Å². The molecule has 0 aliphatic heterocycles. The van der Waals surface area contributed by atoms with Gasteiger partial charge in [-0.15, -0.1) is 0 Å². The molecule has 1 amide bonds. The number of alkyl carbamates (subject to hydrolysis) is 1. The normalized spacial score (nSPS) is 14.8. The van der Waals surface area contributed by atoms with Gasteiger partial charge in [-0.25, -0.2) is 9.18 Å². The predicted octanol–water partition coefficient (Wildman–Crippen LogP) is 2.65. The molecular formula is C10H20FNO2. The highest BCUT2D eigenvalue weighted by Gasteiger charge is 2.28. The number of carbonyl (C=O) groups excluding carboxylic acids is 1. The minimum Gasteiger partial charge on any atom is -0.444 e. The average Bonchev–Trinajstić information content (AvgIpc) is 1.79. The molecule has 1 unspecified atom stereocenters. The van der Waals surface area contributed by atoms with Gasteiger partial charge >= 0.3 is 6.09 Å². The molecule has 0 radical (unpaired) electrons. The third-order valence-corrected chi connectivity index (χ3v) is 1.76. The summed E-state index contributed by atoms with van der Waals surface area (Å²) in [5, 5.41) is 2.44. The second-order valence-corrected chi connectivity index (χ2v) is 4.93. The van der Waals surface area contributed by atoms with E-state index in [0.29, 0.717) is 0 Å². The van der Waals surface area contributed by atoms with Crippen molar-refractivity contribution in [1.29, 1.82) is 0 Å². The van der Waals surface area contributed by atoms with Crippen molar-refractivity contribution in [2.24, 2.45) is 0 Å². The average molecular weight is 205 g/mol. The van der Waals surface area contributed by atoms with E-state index in [9.17, 15) is 9.18 Å². The molecule has 1 N–H and O–H groups in total. The molecule has 84 valence electrons. The smallest absolute Gasteiger partial charge is 0.407 e. The van der Waals surface area contributed by atoms with E-state index in [4.69, 9.17) is 4.74 Å². The Balaban J connectivity index is 4.09. The molecule has 0 aromatic carbocycles. The number of amides is 1. The van der Waals surface area contributed by atoms with Crippen LogP contribution in [0.1, 0.15) is 41.5 Å². The van der Waals surface area contributed by atoms with E-state index in [1.54, 1.807) is 27.7 Å². The first-order valence-electron chi connectivity index (χ1n) is 4.71. The zero-order chi connectivity index (χ0) is 11.6. The second kappa shape index (κ2) is 4.15. The monoisotopic (exact) mass is 205 g/mol. The summed E-state index contributed by atoms with van der Waals surface area (Å²) < 4.78 is 18.3. The third-order valence-electron chi connectivity index (χ3n) is 1.76. The van der Waals surface area contributed by atoms with Crippen molar-refractivity contribution in [3.05, 3.63) is 0 Å². The molecule has 14 heavy (non-hydrogen) atoms. The van der Waals surface area contributed by atoms with Crippen LogP contribution in [0.25, 0.3) is 0 Å². The molecule has 0 rings (SSSR count). The van der Waals surface area contributed by atoms with Crippen LogP contribution in [-0.2, 0) is 4.74 Å². The van der Waals surface area contributed by atoms with Crippen molar-refractivity contribution in [2.45, 2.75) is 58.9 Å². The molecule has 0 aromatic heterocycles. The maximum atomic E-state index is 13.3. The molecule has 0 aromatic rings. The Morgan fingerprint density at radius 1 is 1.29 bits per heavy atom. The summed E-state index contributed by atoms with van der Waals surface area (Å²) in [6, 6.07) is -0.572. The van der Waals surface area contributed by atoms with Crippen LogP contribution in [0.15, 0.2) is 0 Å². The predicted molar refractivity (Wildman–Crippen MR) is 54.0 cm³/mol. The minimum atomic E-state index is -1.45. The molecule has 1 atom stereocenters. The Morgan fingerprint density at radius 3 is 2.00 bits per heavy atom. The topological polar surface area (TPSA) is 38.3 Å². The summed E-state index contributed by atoms with van der Waals surface area (Å²) in [5.41, 5.74) is -2.00. The van der Waals surface area contributed by atoms with Gasteiger partial charge in [0.25, 0.3) is 0 Å². The van der Waals surface area contributed by atoms with E-state index in [-0.39, 0.29) is 0 Å². The van der Waals surface area contributed by atoms with E-state index in [1.807, 2.05) is 0 Å². The van der Waals surface area contributed by atoms with Crippen LogP contribution < -0.4 is 5.32 Å². The molecule has 0 saturated heterocycles. The van der Waals surface area contributed by atoms with E-state index in [1.165, 1.54) is 13.8 Å². The van der Waals surface area contributed by atoms with Crippen molar-refractivity contribution in [1.82, 2.24) is 5.32 Å². The molecule has 0 aliphatic rings. The fraction of sp³-hybridized carbons (Fsp3) is 0.900. The number of halogens is 1. The van der Waals surface area contributed by atoms with Gasteiger partial charge in [0.1, 0.15) is 11.3 Å². The van der Waals surface area contributed by atoms with E-state index >= 15 is 0 Å². The van der Waals surface area contributed by atoms with Crippen LogP contribution in [0.3, 0.4) is 0 Å². The zero-order valence-electron chi connectivity index (χ0n) is 9.77. The van der Waals surface area contributed by atoms with Gasteiger partial charge in [0.2, 0.25) is 0 Å². The molecule has 0 saturated carbocycles. The first-order valence-corrected chi connectivity index (χ1v) is 4.71. The summed E-state index contributed by atoms with van der Waals surface area (Å²) in [6.07, 6.45) is -0.587. The van der Waals surface area contributed by atoms with Crippen molar-refractivity contribution in [3.63, 3.8) is 0 Å². The summed E-state index contributed by atoms with van der Waals surface area (Å²) in [4.78, 5) is 11.2. The van der Waals surface area contributed by atoms with E-state index in [0.717, 1.165) is 0 Å². The first-order chi connectivity index (χ1) is 6.02. The van der Waals surface area contributed by atoms with Gasteiger partial charge in [-0.3, -0.25) is 0 Å². The fourth-order valence-electron chi connectivity index (χ4n) is 0.656. The number of alkyl halides is 1. The number of hydrogen-bond donors (Lipinski definition) is 1. The summed E-state index contributed by atoms with van der Waals surface area (Å²) >= 11 is 0. The Morgan fingerprint density at radius 2 is 1.71 bits per heavy atom.